The topological polar surface area (TPSA) is 106 Å². The minimum Gasteiger partial charge on any atom is -0.528 e. The van der Waals surface area contributed by atoms with Gasteiger partial charge >= 0.3 is 0 Å². The highest BCUT2D eigenvalue weighted by molar-refractivity contribution is 5.80. The summed E-state index contributed by atoms with van der Waals surface area (Å²) in [5.74, 6) is 1.81. The highest BCUT2D eigenvalue weighted by Crippen LogP contribution is 2.31. The van der Waals surface area contributed by atoms with Crippen molar-refractivity contribution >= 4 is 0 Å². The van der Waals surface area contributed by atoms with E-state index in [-0.39, 0.29) is 17.5 Å². The maximum atomic E-state index is 14.0. The van der Waals surface area contributed by atoms with Crippen LogP contribution in [0.2, 0.25) is 0 Å². The number of aromatic nitrogens is 4. The first-order chi connectivity index (χ1) is 19.9. The first-order valence-corrected chi connectivity index (χ1v) is 14.0. The summed E-state index contributed by atoms with van der Waals surface area (Å²) in [6.45, 7) is 8.50. The average Bonchev–Trinajstić information content (AvgIpc) is 3.41. The molecule has 5 rings (SSSR count). The van der Waals surface area contributed by atoms with E-state index in [1.165, 1.54) is 0 Å². The molecule has 8 heteroatoms. The number of benzene rings is 3. The lowest BCUT2D eigenvalue weighted by Crippen LogP contribution is -2.29. The lowest BCUT2D eigenvalue weighted by Gasteiger charge is -2.17. The molecule has 210 valence electrons. The molecule has 0 N–H and O–H groups in total. The lowest BCUT2D eigenvalue weighted by molar-refractivity contribution is -0.303. The van der Waals surface area contributed by atoms with Crippen molar-refractivity contribution in [2.24, 2.45) is 0 Å². The predicted octanol–water partition coefficient (Wildman–Crippen LogP) is 6.05. The second kappa shape index (κ2) is 12.2. The lowest BCUT2D eigenvalue weighted by atomic mass is 9.98. The van der Waals surface area contributed by atoms with Crippen molar-refractivity contribution < 1.29 is 14.4 Å². The SMILES string of the molecule is CCCc1nc(CC)c(-c2ccc(OC(C)C)cc2)c(=O)n1Cc1ccc(-c2ccccc2-c2noc([O-])n2)cc1. The fourth-order valence-corrected chi connectivity index (χ4v) is 4.96. The first-order valence-electron chi connectivity index (χ1n) is 14.0. The van der Waals surface area contributed by atoms with Gasteiger partial charge in [-0.2, -0.15) is 5.16 Å². The predicted molar refractivity (Wildman–Crippen MR) is 157 cm³/mol. The molecule has 0 saturated carbocycles. The number of aryl methyl sites for hydroxylation is 2. The molecule has 2 heterocycles. The van der Waals surface area contributed by atoms with Gasteiger partial charge < -0.3 is 14.4 Å². The Labute approximate surface area is 239 Å². The summed E-state index contributed by atoms with van der Waals surface area (Å²) < 4.78 is 12.3. The van der Waals surface area contributed by atoms with Gasteiger partial charge in [0.25, 0.3) is 5.56 Å². The largest absolute Gasteiger partial charge is 0.528 e. The molecule has 0 aliphatic heterocycles. The quantitative estimate of drug-likeness (QED) is 0.209. The van der Waals surface area contributed by atoms with E-state index in [2.05, 4.69) is 21.6 Å². The van der Waals surface area contributed by atoms with Crippen molar-refractivity contribution in [2.75, 3.05) is 0 Å². The highest BCUT2D eigenvalue weighted by Gasteiger charge is 2.18. The minimum absolute atomic E-state index is 0.0437. The Morgan fingerprint density at radius 2 is 1.59 bits per heavy atom. The number of hydrogen-bond acceptors (Lipinski definition) is 7. The molecule has 0 radical (unpaired) electrons. The fraction of sp³-hybridized carbons (Fsp3) is 0.273. The number of rotatable bonds is 10. The van der Waals surface area contributed by atoms with Crippen LogP contribution in [0.4, 0.5) is 0 Å². The Kier molecular flexibility index (Phi) is 8.29. The Hall–Kier alpha value is -4.72. The second-order valence-electron chi connectivity index (χ2n) is 10.2. The molecule has 8 nitrogen and oxygen atoms in total. The minimum atomic E-state index is -0.722. The van der Waals surface area contributed by atoms with Crippen LogP contribution in [0.15, 0.2) is 82.1 Å². The van der Waals surface area contributed by atoms with E-state index in [0.717, 1.165) is 45.9 Å². The van der Waals surface area contributed by atoms with Gasteiger partial charge in [-0.3, -0.25) is 9.36 Å². The van der Waals surface area contributed by atoms with Crippen molar-refractivity contribution in [1.82, 2.24) is 19.7 Å². The van der Waals surface area contributed by atoms with Crippen LogP contribution in [0.1, 0.15) is 51.2 Å². The van der Waals surface area contributed by atoms with Crippen molar-refractivity contribution in [2.45, 2.75) is 59.6 Å². The van der Waals surface area contributed by atoms with Gasteiger partial charge in [-0.05, 0) is 61.1 Å². The zero-order valence-corrected chi connectivity index (χ0v) is 23.8. The van der Waals surface area contributed by atoms with Gasteiger partial charge in [0.05, 0.1) is 23.9 Å². The number of hydrogen-bond donors (Lipinski definition) is 0. The van der Waals surface area contributed by atoms with E-state index in [1.54, 1.807) is 4.57 Å². The van der Waals surface area contributed by atoms with E-state index < -0.39 is 6.08 Å². The van der Waals surface area contributed by atoms with E-state index >= 15 is 0 Å². The monoisotopic (exact) mass is 549 g/mol. The summed E-state index contributed by atoms with van der Waals surface area (Å²) in [5, 5.41) is 15.3. The maximum Gasteiger partial charge on any atom is 0.261 e. The summed E-state index contributed by atoms with van der Waals surface area (Å²) in [5.41, 5.74) is 5.73. The van der Waals surface area contributed by atoms with Gasteiger partial charge in [-0.1, -0.05) is 74.5 Å². The zero-order valence-electron chi connectivity index (χ0n) is 23.8. The van der Waals surface area contributed by atoms with E-state index in [4.69, 9.17) is 9.72 Å². The van der Waals surface area contributed by atoms with Gasteiger partial charge in [-0.25, -0.2) is 9.97 Å². The Bertz CT molecular complexity index is 1690. The molecule has 0 saturated heterocycles. The van der Waals surface area contributed by atoms with E-state index in [0.29, 0.717) is 30.5 Å². The molecule has 0 aliphatic carbocycles. The third-order valence-corrected chi connectivity index (χ3v) is 6.83. The van der Waals surface area contributed by atoms with E-state index in [1.807, 2.05) is 93.6 Å². The molecular weight excluding hydrogens is 516 g/mol. The molecule has 3 aromatic carbocycles. The van der Waals surface area contributed by atoms with Crippen LogP contribution in [-0.2, 0) is 19.4 Å². The molecule has 0 spiro atoms. The van der Waals surface area contributed by atoms with Crippen LogP contribution in [0.5, 0.6) is 11.8 Å². The third-order valence-electron chi connectivity index (χ3n) is 6.83. The van der Waals surface area contributed by atoms with Crippen LogP contribution in [-0.4, -0.2) is 25.8 Å². The van der Waals surface area contributed by atoms with Crippen LogP contribution in [0.3, 0.4) is 0 Å². The molecule has 0 bridgehead atoms. The molecule has 41 heavy (non-hydrogen) atoms. The maximum absolute atomic E-state index is 14.0. The van der Waals surface area contributed by atoms with Gasteiger partial charge in [0.1, 0.15) is 11.6 Å². The van der Waals surface area contributed by atoms with Crippen molar-refractivity contribution in [3.05, 3.63) is 100 Å². The fourth-order valence-electron chi connectivity index (χ4n) is 4.96. The highest BCUT2D eigenvalue weighted by atomic mass is 16.6. The van der Waals surface area contributed by atoms with Gasteiger partial charge in [-0.15, -0.1) is 0 Å². The second-order valence-corrected chi connectivity index (χ2v) is 10.2. The van der Waals surface area contributed by atoms with Crippen LogP contribution in [0, 0.1) is 0 Å². The molecule has 2 aromatic heterocycles. The summed E-state index contributed by atoms with van der Waals surface area (Å²) >= 11 is 0. The van der Waals surface area contributed by atoms with Crippen LogP contribution in [0.25, 0.3) is 33.6 Å². The van der Waals surface area contributed by atoms with Gasteiger partial charge in [0, 0.05) is 12.0 Å². The number of ether oxygens (including phenoxy) is 1. The third kappa shape index (κ3) is 6.06. The standard InChI is InChI=1S/C33H34N4O4/c1-5-9-29-34-28(6-2)30(24-16-18-25(19-17-24)40-21(3)4)32(38)37(29)20-22-12-14-23(15-13-22)26-10-7-8-11-27(26)31-35-33(39)41-36-31/h7-8,10-19,21H,5-6,9,20H2,1-4H3,(H,35,36,39)/p-1. The summed E-state index contributed by atoms with van der Waals surface area (Å²) in [7, 11) is 0. The van der Waals surface area contributed by atoms with Crippen molar-refractivity contribution in [3.63, 3.8) is 0 Å². The Morgan fingerprint density at radius 1 is 0.902 bits per heavy atom. The van der Waals surface area contributed by atoms with Crippen molar-refractivity contribution in [3.8, 4) is 45.5 Å². The zero-order chi connectivity index (χ0) is 28.9. The van der Waals surface area contributed by atoms with Gasteiger partial charge in [0.15, 0.2) is 11.9 Å². The first kappa shape index (κ1) is 27.8. The summed E-state index contributed by atoms with van der Waals surface area (Å²) in [4.78, 5) is 22.9. The Balaban J connectivity index is 1.50. The van der Waals surface area contributed by atoms with Crippen LogP contribution >= 0.6 is 0 Å². The van der Waals surface area contributed by atoms with Crippen LogP contribution < -0.4 is 15.4 Å². The summed E-state index contributed by atoms with van der Waals surface area (Å²) in [6.07, 6.45) is 1.60. The molecule has 0 fully saturated rings. The molecular formula is C33H33N4O4-. The van der Waals surface area contributed by atoms with Crippen molar-refractivity contribution in [1.29, 1.82) is 0 Å². The Morgan fingerprint density at radius 3 is 2.20 bits per heavy atom. The molecule has 0 atom stereocenters. The average molecular weight is 550 g/mol. The number of nitrogens with zero attached hydrogens (tertiary/aromatic N) is 4. The summed E-state index contributed by atoms with van der Waals surface area (Å²) in [6, 6.07) is 23.3. The molecule has 0 unspecified atom stereocenters. The normalized spacial score (nSPS) is 11.2. The smallest absolute Gasteiger partial charge is 0.261 e. The van der Waals surface area contributed by atoms with E-state index in [9.17, 15) is 9.90 Å². The molecule has 5 aromatic rings. The molecule has 0 amide bonds. The van der Waals surface area contributed by atoms with Gasteiger partial charge in [0.2, 0.25) is 0 Å². The molecule has 0 aliphatic rings.